The van der Waals surface area contributed by atoms with Gasteiger partial charge in [0, 0.05) is 0 Å². The Bertz CT molecular complexity index is 432. The average Bonchev–Trinajstić information content (AvgIpc) is 2.33. The highest BCUT2D eigenvalue weighted by Gasteiger charge is 2.20. The lowest BCUT2D eigenvalue weighted by Crippen LogP contribution is -2.41. The first-order valence-corrected chi connectivity index (χ1v) is 7.64. The Labute approximate surface area is 118 Å². The van der Waals surface area contributed by atoms with Crippen LogP contribution in [0.15, 0.2) is 12.7 Å². The molecule has 9 heteroatoms. The first-order chi connectivity index (χ1) is 9.28. The number of hydrogen-bond donors (Lipinski definition) is 1. The highest BCUT2D eigenvalue weighted by atomic mass is 32.2. The Morgan fingerprint density at radius 1 is 1.35 bits per heavy atom. The van der Waals surface area contributed by atoms with E-state index in [1.807, 2.05) is 0 Å². The van der Waals surface area contributed by atoms with Crippen LogP contribution in [0.3, 0.4) is 0 Å². The van der Waals surface area contributed by atoms with Crippen LogP contribution in [0.4, 0.5) is 4.79 Å². The second-order valence-corrected chi connectivity index (χ2v) is 5.37. The van der Waals surface area contributed by atoms with Gasteiger partial charge in [-0.25, -0.2) is 4.79 Å². The molecule has 0 saturated carbocycles. The Morgan fingerprint density at radius 2 is 2.00 bits per heavy atom. The third-order valence-electron chi connectivity index (χ3n) is 1.86. The Balaban J connectivity index is 4.48. The van der Waals surface area contributed by atoms with Crippen molar-refractivity contribution in [3.63, 3.8) is 0 Å². The van der Waals surface area contributed by atoms with E-state index < -0.39 is 28.2 Å². The molecule has 1 amide bonds. The van der Waals surface area contributed by atoms with Crippen LogP contribution in [0.25, 0.3) is 0 Å². The Kier molecular flexibility index (Phi) is 8.57. The van der Waals surface area contributed by atoms with E-state index in [1.165, 1.54) is 6.08 Å². The van der Waals surface area contributed by atoms with Crippen LogP contribution in [0.1, 0.15) is 13.3 Å². The number of nitrogens with one attached hydrogen (secondary N) is 1. The number of carbonyl (C=O) groups is 2. The van der Waals surface area contributed by atoms with Crippen LogP contribution in [0, 0.1) is 0 Å². The number of rotatable bonds is 9. The van der Waals surface area contributed by atoms with E-state index in [2.05, 4.69) is 20.8 Å². The summed E-state index contributed by atoms with van der Waals surface area (Å²) in [6, 6.07) is -0.874. The quantitative estimate of drug-likeness (QED) is 0.368. The van der Waals surface area contributed by atoms with Gasteiger partial charge >= 0.3 is 12.1 Å². The maximum atomic E-state index is 11.3. The number of ether oxygens (including phenoxy) is 2. The summed E-state index contributed by atoms with van der Waals surface area (Å²) in [6.45, 7) is 4.78. The van der Waals surface area contributed by atoms with E-state index in [1.54, 1.807) is 6.92 Å². The van der Waals surface area contributed by atoms with Crippen LogP contribution in [0.5, 0.6) is 0 Å². The van der Waals surface area contributed by atoms with Crippen molar-refractivity contribution in [2.45, 2.75) is 19.4 Å². The molecule has 1 atom stereocenters. The fourth-order valence-corrected chi connectivity index (χ4v) is 1.53. The summed E-state index contributed by atoms with van der Waals surface area (Å²) in [7, 11) is -3.68. The number of alkyl carbamates (subject to hydrolysis) is 1. The van der Waals surface area contributed by atoms with Crippen LogP contribution in [0.2, 0.25) is 0 Å². The van der Waals surface area contributed by atoms with Gasteiger partial charge in [0.25, 0.3) is 10.1 Å². The van der Waals surface area contributed by atoms with Gasteiger partial charge in [-0.3, -0.25) is 8.98 Å². The predicted octanol–water partition coefficient (Wildman–Crippen LogP) is 0.197. The molecule has 0 unspecified atom stereocenters. The van der Waals surface area contributed by atoms with Crippen LogP contribution in [-0.4, -0.2) is 52.6 Å². The molecule has 116 valence electrons. The zero-order valence-corrected chi connectivity index (χ0v) is 12.3. The van der Waals surface area contributed by atoms with Crippen molar-refractivity contribution in [2.24, 2.45) is 0 Å². The smallest absolute Gasteiger partial charge is 0.407 e. The van der Waals surface area contributed by atoms with Gasteiger partial charge in [0.15, 0.2) is 0 Å². The average molecular weight is 309 g/mol. The summed E-state index contributed by atoms with van der Waals surface area (Å²) in [5, 5.41) is 2.31. The Morgan fingerprint density at radius 3 is 2.50 bits per heavy atom. The van der Waals surface area contributed by atoms with Gasteiger partial charge in [0.05, 0.1) is 31.9 Å². The zero-order chi connectivity index (χ0) is 15.6. The molecule has 0 fully saturated rings. The maximum Gasteiger partial charge on any atom is 0.407 e. The van der Waals surface area contributed by atoms with Crippen LogP contribution in [-0.2, 0) is 28.6 Å². The normalized spacial score (nSPS) is 12.3. The predicted molar refractivity (Wildman–Crippen MR) is 70.5 cm³/mol. The summed E-state index contributed by atoms with van der Waals surface area (Å²) < 4.78 is 35.8. The molecule has 0 aromatic rings. The molecular formula is C11H19NO7S. The molecule has 0 rings (SSSR count). The van der Waals surface area contributed by atoms with Crippen molar-refractivity contribution in [2.75, 3.05) is 26.1 Å². The molecule has 0 aliphatic carbocycles. The molecule has 1 N–H and O–H groups in total. The van der Waals surface area contributed by atoms with Crippen molar-refractivity contribution in [3.8, 4) is 0 Å². The van der Waals surface area contributed by atoms with Gasteiger partial charge in [-0.15, -0.1) is 0 Å². The minimum Gasteiger partial charge on any atom is -0.466 e. The molecule has 20 heavy (non-hydrogen) atoms. The lowest BCUT2D eigenvalue weighted by atomic mass is 10.2. The van der Waals surface area contributed by atoms with Gasteiger partial charge in [0.2, 0.25) is 0 Å². The summed E-state index contributed by atoms with van der Waals surface area (Å²) >= 11 is 0. The largest absolute Gasteiger partial charge is 0.466 e. The van der Waals surface area contributed by atoms with Crippen molar-refractivity contribution in [1.82, 2.24) is 5.32 Å². The van der Waals surface area contributed by atoms with Gasteiger partial charge in [-0.2, -0.15) is 8.42 Å². The monoisotopic (exact) mass is 309 g/mol. The lowest BCUT2D eigenvalue weighted by molar-refractivity contribution is -0.143. The van der Waals surface area contributed by atoms with Crippen molar-refractivity contribution >= 4 is 22.2 Å². The minimum absolute atomic E-state index is 0.00903. The Hall–Kier alpha value is -1.61. The lowest BCUT2D eigenvalue weighted by Gasteiger charge is -2.17. The van der Waals surface area contributed by atoms with Gasteiger partial charge in [0.1, 0.15) is 6.61 Å². The molecule has 0 aliphatic heterocycles. The molecular weight excluding hydrogens is 290 g/mol. The number of carbonyl (C=O) groups excluding carboxylic acids is 2. The van der Waals surface area contributed by atoms with Crippen LogP contribution >= 0.6 is 0 Å². The van der Waals surface area contributed by atoms with E-state index in [4.69, 9.17) is 4.74 Å². The van der Waals surface area contributed by atoms with Crippen molar-refractivity contribution < 1.29 is 31.7 Å². The first kappa shape index (κ1) is 18.4. The first-order valence-electron chi connectivity index (χ1n) is 5.82. The van der Waals surface area contributed by atoms with Gasteiger partial charge in [-0.05, 0) is 6.92 Å². The summed E-state index contributed by atoms with van der Waals surface area (Å²) in [6.07, 6.45) is 1.19. The van der Waals surface area contributed by atoms with Gasteiger partial charge in [-0.1, -0.05) is 12.7 Å². The van der Waals surface area contributed by atoms with E-state index in [0.29, 0.717) is 0 Å². The zero-order valence-electron chi connectivity index (χ0n) is 11.5. The molecule has 0 radical (unpaired) electrons. The highest BCUT2D eigenvalue weighted by molar-refractivity contribution is 7.85. The van der Waals surface area contributed by atoms with E-state index in [0.717, 1.165) is 6.26 Å². The molecule has 0 bridgehead atoms. The molecule has 0 heterocycles. The van der Waals surface area contributed by atoms with Crippen molar-refractivity contribution in [1.29, 1.82) is 0 Å². The number of amides is 1. The van der Waals surface area contributed by atoms with Crippen LogP contribution < -0.4 is 5.32 Å². The highest BCUT2D eigenvalue weighted by Crippen LogP contribution is 2.00. The number of esters is 1. The summed E-state index contributed by atoms with van der Waals surface area (Å²) in [5.41, 5.74) is 0. The molecule has 0 saturated heterocycles. The van der Waals surface area contributed by atoms with Crippen molar-refractivity contribution in [3.05, 3.63) is 12.7 Å². The van der Waals surface area contributed by atoms with Gasteiger partial charge < -0.3 is 14.8 Å². The standard InChI is InChI=1S/C11H19NO7S/c1-4-6-18-11(14)12-9(7-10(13)17-5-2)8-19-20(3,15)16/h4,9H,1,5-8H2,2-3H3,(H,12,14)/t9-/m0/s1. The maximum absolute atomic E-state index is 11.3. The fourth-order valence-electron chi connectivity index (χ4n) is 1.12. The van der Waals surface area contributed by atoms with E-state index in [-0.39, 0.29) is 26.2 Å². The topological polar surface area (TPSA) is 108 Å². The third-order valence-corrected chi connectivity index (χ3v) is 2.42. The molecule has 8 nitrogen and oxygen atoms in total. The molecule has 0 aromatic carbocycles. The fraction of sp³-hybridized carbons (Fsp3) is 0.636. The molecule has 0 spiro atoms. The second-order valence-electron chi connectivity index (χ2n) is 3.73. The third kappa shape index (κ3) is 10.3. The SMILES string of the molecule is C=CCOC(=O)N[C@H](COS(C)(=O)=O)CC(=O)OCC. The second kappa shape index (κ2) is 9.32. The summed E-state index contributed by atoms with van der Waals surface area (Å²) in [5.74, 6) is -0.585. The molecule has 0 aliphatic rings. The minimum atomic E-state index is -3.68. The summed E-state index contributed by atoms with van der Waals surface area (Å²) in [4.78, 5) is 22.7. The van der Waals surface area contributed by atoms with E-state index in [9.17, 15) is 18.0 Å². The van der Waals surface area contributed by atoms with E-state index >= 15 is 0 Å². The molecule has 0 aromatic heterocycles. The number of hydrogen-bond acceptors (Lipinski definition) is 7.